The van der Waals surface area contributed by atoms with E-state index in [2.05, 4.69) is 27.1 Å². The number of aromatic nitrogens is 1. The maximum absolute atomic E-state index is 14.1. The van der Waals surface area contributed by atoms with Crippen LogP contribution in [-0.2, 0) is 4.79 Å². The minimum Gasteiger partial charge on any atom is -0.351 e. The zero-order valence-corrected chi connectivity index (χ0v) is 22.4. The van der Waals surface area contributed by atoms with Gasteiger partial charge in [-0.1, -0.05) is 30.9 Å². The summed E-state index contributed by atoms with van der Waals surface area (Å²) in [5.74, 6) is -0.00734. The van der Waals surface area contributed by atoms with Crippen molar-refractivity contribution < 1.29 is 9.59 Å². The summed E-state index contributed by atoms with van der Waals surface area (Å²) >= 11 is 6.14. The number of piperazine rings is 1. The molecule has 0 spiro atoms. The van der Waals surface area contributed by atoms with Gasteiger partial charge in [0.1, 0.15) is 11.2 Å². The molecule has 2 aromatic rings. The smallest absolute Gasteiger partial charge is 0.268 e. The summed E-state index contributed by atoms with van der Waals surface area (Å²) in [4.78, 5) is 37.7. The molecule has 2 aliphatic heterocycles. The van der Waals surface area contributed by atoms with Crippen LogP contribution in [0.2, 0.25) is 5.02 Å². The second-order valence-corrected chi connectivity index (χ2v) is 11.7. The van der Waals surface area contributed by atoms with Gasteiger partial charge in [-0.2, -0.15) is 0 Å². The van der Waals surface area contributed by atoms with E-state index in [4.69, 9.17) is 11.6 Å². The molecule has 0 radical (unpaired) electrons. The molecular weight excluding hydrogens is 474 g/mol. The average molecular weight is 514 g/mol. The van der Waals surface area contributed by atoms with E-state index < -0.39 is 5.54 Å². The van der Waals surface area contributed by atoms with Crippen molar-refractivity contribution in [2.24, 2.45) is 5.92 Å². The molecule has 5 rings (SSSR count). The summed E-state index contributed by atoms with van der Waals surface area (Å²) in [5.41, 5.74) is 0.414. The van der Waals surface area contributed by atoms with Gasteiger partial charge in [0.2, 0.25) is 5.91 Å². The summed E-state index contributed by atoms with van der Waals surface area (Å²) in [6, 6.07) is 7.98. The zero-order valence-electron chi connectivity index (χ0n) is 21.7. The van der Waals surface area contributed by atoms with Gasteiger partial charge < -0.3 is 20.1 Å². The number of aromatic amines is 1. The first-order valence-electron chi connectivity index (χ1n) is 13.7. The molecule has 3 aliphatic rings. The molecule has 2 saturated heterocycles. The number of nitrogens with one attached hydrogen (secondary N) is 2. The van der Waals surface area contributed by atoms with Crippen LogP contribution < -0.4 is 5.32 Å². The number of amides is 2. The Morgan fingerprint density at radius 1 is 0.972 bits per heavy atom. The van der Waals surface area contributed by atoms with Crippen molar-refractivity contribution in [3.05, 3.63) is 35.0 Å². The monoisotopic (exact) mass is 513 g/mol. The van der Waals surface area contributed by atoms with Gasteiger partial charge in [-0.25, -0.2) is 0 Å². The highest BCUT2D eigenvalue weighted by Gasteiger charge is 2.46. The van der Waals surface area contributed by atoms with Crippen molar-refractivity contribution in [2.45, 2.75) is 63.5 Å². The highest BCUT2D eigenvalue weighted by atomic mass is 35.5. The third kappa shape index (κ3) is 5.29. The van der Waals surface area contributed by atoms with E-state index in [0.717, 1.165) is 75.9 Å². The highest BCUT2D eigenvalue weighted by Crippen LogP contribution is 2.35. The second kappa shape index (κ2) is 10.7. The summed E-state index contributed by atoms with van der Waals surface area (Å²) in [6.07, 6.45) is 7.77. The first kappa shape index (κ1) is 25.6. The van der Waals surface area contributed by atoms with E-state index in [9.17, 15) is 9.59 Å². The highest BCUT2D eigenvalue weighted by molar-refractivity contribution is 6.31. The number of benzene rings is 1. The lowest BCUT2D eigenvalue weighted by Crippen LogP contribution is -2.65. The molecule has 1 saturated carbocycles. The molecule has 7 nitrogen and oxygen atoms in total. The lowest BCUT2D eigenvalue weighted by molar-refractivity contribution is -0.142. The minimum absolute atomic E-state index is 0.0740. The van der Waals surface area contributed by atoms with Gasteiger partial charge in [0, 0.05) is 48.1 Å². The maximum atomic E-state index is 14.1. The Morgan fingerprint density at radius 3 is 2.36 bits per heavy atom. The average Bonchev–Trinajstić information content (AvgIpc) is 3.33. The van der Waals surface area contributed by atoms with Crippen molar-refractivity contribution in [1.82, 2.24) is 25.0 Å². The molecule has 1 atom stereocenters. The predicted molar refractivity (Wildman–Crippen MR) is 144 cm³/mol. The maximum Gasteiger partial charge on any atom is 0.268 e. The van der Waals surface area contributed by atoms with Gasteiger partial charge >= 0.3 is 0 Å². The summed E-state index contributed by atoms with van der Waals surface area (Å²) < 4.78 is 0. The molecule has 196 valence electrons. The van der Waals surface area contributed by atoms with Crippen molar-refractivity contribution in [2.75, 3.05) is 46.3 Å². The minimum atomic E-state index is -0.915. The number of hydrogen-bond donors (Lipinski definition) is 2. The normalized spacial score (nSPS) is 23.0. The number of fused-ring (bicyclic) bond motifs is 1. The van der Waals surface area contributed by atoms with Gasteiger partial charge in [-0.15, -0.1) is 0 Å². The third-order valence-electron chi connectivity index (χ3n) is 8.87. The Bertz CT molecular complexity index is 1080. The Hall–Kier alpha value is -2.09. The predicted octanol–water partition coefficient (Wildman–Crippen LogP) is 4.13. The standard InChI is InChI=1S/C28H40ClN5O2/c1-28(21-6-4-3-5-7-21,31-26(35)25-19-20-18-22(29)8-9-24(20)30-25)27(36)34-16-14-33(15-17-34)23-10-12-32(2)13-11-23/h8-9,18-19,21,23,30H,3-7,10-17H2,1-2H3,(H,31,35)/t28-/m1/s1. The van der Waals surface area contributed by atoms with Crippen LogP contribution in [0.25, 0.3) is 10.9 Å². The van der Waals surface area contributed by atoms with Crippen LogP contribution in [0.1, 0.15) is 62.4 Å². The number of halogens is 1. The van der Waals surface area contributed by atoms with Crippen LogP contribution in [0.4, 0.5) is 0 Å². The lowest BCUT2D eigenvalue weighted by Gasteiger charge is -2.46. The number of likely N-dealkylation sites (tertiary alicyclic amines) is 1. The second-order valence-electron chi connectivity index (χ2n) is 11.3. The van der Waals surface area contributed by atoms with E-state index in [1.807, 2.05) is 36.1 Å². The molecule has 3 fully saturated rings. The first-order valence-corrected chi connectivity index (χ1v) is 14.0. The van der Waals surface area contributed by atoms with Crippen LogP contribution in [0, 0.1) is 5.92 Å². The Kier molecular flexibility index (Phi) is 7.61. The van der Waals surface area contributed by atoms with E-state index in [0.29, 0.717) is 16.8 Å². The van der Waals surface area contributed by atoms with Crippen LogP contribution in [0.5, 0.6) is 0 Å². The fourth-order valence-corrected chi connectivity index (χ4v) is 6.70. The lowest BCUT2D eigenvalue weighted by atomic mass is 9.74. The van der Waals surface area contributed by atoms with Gasteiger partial charge in [-0.05, 0) is 82.9 Å². The molecular formula is C28H40ClN5O2. The Balaban J connectivity index is 1.30. The number of H-pyrrole nitrogens is 1. The molecule has 1 aromatic carbocycles. The number of hydrogen-bond acceptors (Lipinski definition) is 4. The number of carbonyl (C=O) groups excluding carboxylic acids is 2. The quantitative estimate of drug-likeness (QED) is 0.630. The molecule has 36 heavy (non-hydrogen) atoms. The van der Waals surface area contributed by atoms with Crippen molar-refractivity contribution >= 4 is 34.3 Å². The van der Waals surface area contributed by atoms with Crippen LogP contribution in [-0.4, -0.2) is 89.4 Å². The zero-order chi connectivity index (χ0) is 25.3. The van der Waals surface area contributed by atoms with E-state index in [-0.39, 0.29) is 17.7 Å². The molecule has 3 heterocycles. The molecule has 2 N–H and O–H groups in total. The summed E-state index contributed by atoms with van der Waals surface area (Å²) in [7, 11) is 2.19. The Labute approximate surface area is 219 Å². The number of carbonyl (C=O) groups is 2. The van der Waals surface area contributed by atoms with Crippen molar-refractivity contribution in [3.63, 3.8) is 0 Å². The Morgan fingerprint density at radius 2 is 1.67 bits per heavy atom. The molecule has 1 aliphatic carbocycles. The molecule has 2 amide bonds. The van der Waals surface area contributed by atoms with Crippen LogP contribution >= 0.6 is 11.6 Å². The van der Waals surface area contributed by atoms with Crippen molar-refractivity contribution in [3.8, 4) is 0 Å². The van der Waals surface area contributed by atoms with E-state index in [1.165, 1.54) is 19.3 Å². The fourth-order valence-electron chi connectivity index (χ4n) is 6.52. The number of nitrogens with zero attached hydrogens (tertiary/aromatic N) is 3. The molecule has 8 heteroatoms. The molecule has 0 unspecified atom stereocenters. The number of rotatable bonds is 5. The van der Waals surface area contributed by atoms with E-state index in [1.54, 1.807) is 0 Å². The SMILES string of the molecule is CN1CCC(N2CCN(C(=O)[C@](C)(NC(=O)c3cc4cc(Cl)ccc4[nH]3)C3CCCCC3)CC2)CC1. The topological polar surface area (TPSA) is 71.7 Å². The fraction of sp³-hybridized carbons (Fsp3) is 0.643. The first-order chi connectivity index (χ1) is 17.3. The van der Waals surface area contributed by atoms with Gasteiger partial charge in [0.15, 0.2) is 0 Å². The van der Waals surface area contributed by atoms with E-state index >= 15 is 0 Å². The van der Waals surface area contributed by atoms with Crippen LogP contribution in [0.3, 0.4) is 0 Å². The van der Waals surface area contributed by atoms with Crippen LogP contribution in [0.15, 0.2) is 24.3 Å². The van der Waals surface area contributed by atoms with Crippen molar-refractivity contribution in [1.29, 1.82) is 0 Å². The van der Waals surface area contributed by atoms with Gasteiger partial charge in [-0.3, -0.25) is 14.5 Å². The van der Waals surface area contributed by atoms with Gasteiger partial charge in [0.25, 0.3) is 5.91 Å². The largest absolute Gasteiger partial charge is 0.351 e. The molecule has 0 bridgehead atoms. The summed E-state index contributed by atoms with van der Waals surface area (Å²) in [5, 5.41) is 4.74. The third-order valence-corrected chi connectivity index (χ3v) is 9.11. The number of piperidine rings is 1. The molecule has 1 aromatic heterocycles. The summed E-state index contributed by atoms with van der Waals surface area (Å²) in [6.45, 7) is 7.55. The van der Waals surface area contributed by atoms with Gasteiger partial charge in [0.05, 0.1) is 0 Å².